The molecule has 2 rings (SSSR count). The van der Waals surface area contributed by atoms with Crippen LogP contribution >= 0.6 is 24.0 Å². The number of nitrogens with zero attached hydrogens (tertiary/aromatic N) is 2. The number of hydrogen-bond donors (Lipinski definition) is 1. The predicted octanol–water partition coefficient (Wildman–Crippen LogP) is 3.57. The third-order valence-electron chi connectivity index (χ3n) is 3.80. The molecule has 0 unspecified atom stereocenters. The topological polar surface area (TPSA) is 33.6 Å². The smallest absolute Gasteiger partial charge is 0.195 e. The summed E-state index contributed by atoms with van der Waals surface area (Å²) in [5, 5.41) is 7.23. The number of nitrogens with one attached hydrogen (secondary N) is 1. The molecule has 1 aliphatic carbocycles. The summed E-state index contributed by atoms with van der Waals surface area (Å²) in [6, 6.07) is 0. The Morgan fingerprint density at radius 2 is 2.12 bits per heavy atom. The molecule has 0 aliphatic heterocycles. The van der Waals surface area contributed by atoms with Gasteiger partial charge in [-0.15, -0.1) is 0 Å². The lowest BCUT2D eigenvalue weighted by Crippen LogP contribution is -2.33. The highest BCUT2D eigenvalue weighted by Gasteiger charge is 2.32. The standard InChI is InChI=1S/C12H21N3S2/c1-3-10-13-14-11(16)15(10)9-12(17-2)7-5-4-6-8-12/h3-9H2,1-2H3,(H,14,16). The molecule has 0 atom stereocenters. The van der Waals surface area contributed by atoms with E-state index in [1.165, 1.54) is 32.1 Å². The summed E-state index contributed by atoms with van der Waals surface area (Å²) >= 11 is 7.35. The van der Waals surface area contributed by atoms with Gasteiger partial charge in [-0.1, -0.05) is 26.2 Å². The molecule has 96 valence electrons. The third-order valence-corrected chi connectivity index (χ3v) is 5.51. The maximum Gasteiger partial charge on any atom is 0.195 e. The molecular formula is C12H21N3S2. The monoisotopic (exact) mass is 271 g/mol. The lowest BCUT2D eigenvalue weighted by atomic mass is 9.88. The Hall–Kier alpha value is -0.290. The van der Waals surface area contributed by atoms with E-state index in [1.807, 2.05) is 11.8 Å². The second kappa shape index (κ2) is 5.57. The van der Waals surface area contributed by atoms with Gasteiger partial charge in [-0.05, 0) is 31.3 Å². The van der Waals surface area contributed by atoms with Crippen molar-refractivity contribution in [1.29, 1.82) is 0 Å². The fourth-order valence-corrected chi connectivity index (χ4v) is 3.87. The van der Waals surface area contributed by atoms with Gasteiger partial charge in [-0.2, -0.15) is 16.9 Å². The molecule has 0 amide bonds. The molecule has 0 aromatic carbocycles. The van der Waals surface area contributed by atoms with E-state index in [4.69, 9.17) is 12.2 Å². The Morgan fingerprint density at radius 3 is 2.71 bits per heavy atom. The molecular weight excluding hydrogens is 250 g/mol. The van der Waals surface area contributed by atoms with E-state index in [0.717, 1.165) is 23.6 Å². The number of aryl methyl sites for hydroxylation is 1. The zero-order chi connectivity index (χ0) is 12.3. The molecule has 1 aliphatic rings. The number of H-pyrrole nitrogens is 1. The molecule has 1 aromatic rings. The SMILES string of the molecule is CCc1n[nH]c(=S)n1CC1(SC)CCCCC1. The average molecular weight is 271 g/mol. The highest BCUT2D eigenvalue weighted by atomic mass is 32.2. The van der Waals surface area contributed by atoms with Crippen molar-refractivity contribution in [3.63, 3.8) is 0 Å². The summed E-state index contributed by atoms with van der Waals surface area (Å²) in [4.78, 5) is 0. The van der Waals surface area contributed by atoms with Crippen LogP contribution in [0.15, 0.2) is 0 Å². The molecule has 0 bridgehead atoms. The van der Waals surface area contributed by atoms with Gasteiger partial charge in [0.1, 0.15) is 5.82 Å². The highest BCUT2D eigenvalue weighted by molar-refractivity contribution is 8.00. The number of rotatable bonds is 4. The molecule has 0 radical (unpaired) electrons. The lowest BCUT2D eigenvalue weighted by Gasteiger charge is -2.36. The van der Waals surface area contributed by atoms with Crippen LogP contribution in [0.2, 0.25) is 0 Å². The number of hydrogen-bond acceptors (Lipinski definition) is 3. The van der Waals surface area contributed by atoms with Crippen molar-refractivity contribution in [3.05, 3.63) is 10.6 Å². The van der Waals surface area contributed by atoms with Crippen molar-refractivity contribution in [3.8, 4) is 0 Å². The Kier molecular flexibility index (Phi) is 4.31. The van der Waals surface area contributed by atoms with Crippen molar-refractivity contribution < 1.29 is 0 Å². The van der Waals surface area contributed by atoms with Gasteiger partial charge in [-0.25, -0.2) is 0 Å². The van der Waals surface area contributed by atoms with Gasteiger partial charge in [0, 0.05) is 17.7 Å². The van der Waals surface area contributed by atoms with E-state index < -0.39 is 0 Å². The summed E-state index contributed by atoms with van der Waals surface area (Å²) in [6.07, 6.45) is 9.90. The van der Waals surface area contributed by atoms with Crippen molar-refractivity contribution >= 4 is 24.0 Å². The van der Waals surface area contributed by atoms with Crippen LogP contribution in [0, 0.1) is 4.77 Å². The van der Waals surface area contributed by atoms with Crippen LogP contribution in [-0.2, 0) is 13.0 Å². The first kappa shape index (κ1) is 13.1. The first-order valence-corrected chi connectivity index (χ1v) is 8.03. The van der Waals surface area contributed by atoms with E-state index in [9.17, 15) is 0 Å². The van der Waals surface area contributed by atoms with Crippen LogP contribution in [0.25, 0.3) is 0 Å². The second-order valence-electron chi connectivity index (χ2n) is 4.83. The van der Waals surface area contributed by atoms with Crippen LogP contribution in [0.5, 0.6) is 0 Å². The molecule has 17 heavy (non-hydrogen) atoms. The molecule has 1 fully saturated rings. The Labute approximate surface area is 112 Å². The summed E-state index contributed by atoms with van der Waals surface area (Å²) in [5.41, 5.74) is 0. The van der Waals surface area contributed by atoms with Crippen LogP contribution in [0.3, 0.4) is 0 Å². The maximum atomic E-state index is 5.34. The number of thioether (sulfide) groups is 1. The minimum absolute atomic E-state index is 0.379. The number of aromatic amines is 1. The summed E-state index contributed by atoms with van der Waals surface area (Å²) in [5.74, 6) is 1.09. The summed E-state index contributed by atoms with van der Waals surface area (Å²) in [7, 11) is 0. The van der Waals surface area contributed by atoms with Crippen LogP contribution < -0.4 is 0 Å². The molecule has 1 aromatic heterocycles. The zero-order valence-corrected chi connectivity index (χ0v) is 12.3. The molecule has 1 N–H and O–H groups in total. The van der Waals surface area contributed by atoms with Crippen molar-refractivity contribution in [2.24, 2.45) is 0 Å². The minimum Gasteiger partial charge on any atom is -0.303 e. The van der Waals surface area contributed by atoms with Gasteiger partial charge in [0.25, 0.3) is 0 Å². The molecule has 0 spiro atoms. The van der Waals surface area contributed by atoms with E-state index in [0.29, 0.717) is 4.75 Å². The fourth-order valence-electron chi connectivity index (χ4n) is 2.69. The van der Waals surface area contributed by atoms with Crippen molar-refractivity contribution in [2.45, 2.75) is 56.7 Å². The van der Waals surface area contributed by atoms with E-state index in [1.54, 1.807) is 0 Å². The average Bonchev–Trinajstić information content (AvgIpc) is 2.72. The molecule has 3 nitrogen and oxygen atoms in total. The highest BCUT2D eigenvalue weighted by Crippen LogP contribution is 2.40. The second-order valence-corrected chi connectivity index (χ2v) is 6.49. The van der Waals surface area contributed by atoms with E-state index >= 15 is 0 Å². The largest absolute Gasteiger partial charge is 0.303 e. The van der Waals surface area contributed by atoms with Crippen LogP contribution in [0.1, 0.15) is 44.9 Å². The normalized spacial score (nSPS) is 19.4. The van der Waals surface area contributed by atoms with Gasteiger partial charge in [0.05, 0.1) is 0 Å². The van der Waals surface area contributed by atoms with Crippen LogP contribution in [0.4, 0.5) is 0 Å². The molecule has 5 heteroatoms. The predicted molar refractivity (Wildman–Crippen MR) is 76.1 cm³/mol. The van der Waals surface area contributed by atoms with Gasteiger partial charge in [0.2, 0.25) is 0 Å². The van der Waals surface area contributed by atoms with Crippen molar-refractivity contribution in [2.75, 3.05) is 6.26 Å². The van der Waals surface area contributed by atoms with Gasteiger partial charge in [-0.3, -0.25) is 5.10 Å². The first-order valence-electron chi connectivity index (χ1n) is 6.40. The summed E-state index contributed by atoms with van der Waals surface area (Å²) < 4.78 is 3.36. The first-order chi connectivity index (χ1) is 8.21. The van der Waals surface area contributed by atoms with Crippen molar-refractivity contribution in [1.82, 2.24) is 14.8 Å². The zero-order valence-electron chi connectivity index (χ0n) is 10.7. The Morgan fingerprint density at radius 1 is 1.41 bits per heavy atom. The Bertz CT molecular complexity index is 416. The van der Waals surface area contributed by atoms with E-state index in [-0.39, 0.29) is 0 Å². The lowest BCUT2D eigenvalue weighted by molar-refractivity contribution is 0.353. The number of aromatic nitrogens is 3. The maximum absolute atomic E-state index is 5.34. The Balaban J connectivity index is 2.22. The summed E-state index contributed by atoms with van der Waals surface area (Å²) in [6.45, 7) is 3.15. The quantitative estimate of drug-likeness (QED) is 0.850. The van der Waals surface area contributed by atoms with Gasteiger partial charge >= 0.3 is 0 Å². The molecule has 1 saturated carbocycles. The van der Waals surface area contributed by atoms with Crippen LogP contribution in [-0.4, -0.2) is 25.8 Å². The third kappa shape index (κ3) is 2.76. The minimum atomic E-state index is 0.379. The van der Waals surface area contributed by atoms with E-state index in [2.05, 4.69) is 27.9 Å². The van der Waals surface area contributed by atoms with Gasteiger partial charge < -0.3 is 4.57 Å². The molecule has 1 heterocycles. The van der Waals surface area contributed by atoms with Gasteiger partial charge in [0.15, 0.2) is 4.77 Å². The fraction of sp³-hybridized carbons (Fsp3) is 0.833. The molecule has 0 saturated heterocycles.